The van der Waals surface area contributed by atoms with E-state index in [9.17, 15) is 19.5 Å². The Morgan fingerprint density at radius 1 is 1.33 bits per heavy atom. The largest absolute Gasteiger partial charge is 0.496 e. The number of benzene rings is 1. The maximum Gasteiger partial charge on any atom is 0.343 e. The summed E-state index contributed by atoms with van der Waals surface area (Å²) in [5, 5.41) is 11.7. The minimum atomic E-state index is -1.86. The average Bonchev–Trinajstić information content (AvgIpc) is 3.16. The number of amides is 1. The molecule has 3 N–H and O–H groups in total. The van der Waals surface area contributed by atoms with Crippen molar-refractivity contribution >= 4 is 22.8 Å². The summed E-state index contributed by atoms with van der Waals surface area (Å²) in [7, 11) is 1.56. The number of nitrogens with zero attached hydrogens (tertiary/aromatic N) is 2. The van der Waals surface area contributed by atoms with Gasteiger partial charge in [-0.1, -0.05) is 13.0 Å². The molecule has 0 aliphatic carbocycles. The number of aromatic nitrogens is 2. The van der Waals surface area contributed by atoms with Gasteiger partial charge in [-0.15, -0.1) is 0 Å². The molecule has 1 aromatic carbocycles. The van der Waals surface area contributed by atoms with Crippen molar-refractivity contribution in [3.05, 3.63) is 56.9 Å². The highest BCUT2D eigenvalue weighted by Gasteiger charge is 2.45. The predicted molar refractivity (Wildman–Crippen MR) is 119 cm³/mol. The molecule has 5 rings (SSSR count). The van der Waals surface area contributed by atoms with E-state index in [1.165, 1.54) is 0 Å². The van der Waals surface area contributed by atoms with Crippen LogP contribution in [0.3, 0.4) is 0 Å². The van der Waals surface area contributed by atoms with E-state index in [2.05, 4.69) is 0 Å². The Kier molecular flexibility index (Phi) is 4.75. The molecule has 1 atom stereocenters. The summed E-state index contributed by atoms with van der Waals surface area (Å²) in [4.78, 5) is 41.6. The van der Waals surface area contributed by atoms with Crippen LogP contribution in [0.2, 0.25) is 0 Å². The van der Waals surface area contributed by atoms with Crippen molar-refractivity contribution in [1.82, 2.24) is 9.55 Å². The molecule has 9 heteroatoms. The molecule has 9 nitrogen and oxygen atoms in total. The highest BCUT2D eigenvalue weighted by Crippen LogP contribution is 2.40. The van der Waals surface area contributed by atoms with Gasteiger partial charge in [-0.25, -0.2) is 9.78 Å². The zero-order valence-electron chi connectivity index (χ0n) is 18.3. The minimum Gasteiger partial charge on any atom is -0.496 e. The Labute approximate surface area is 188 Å². The molecule has 1 amide bonds. The van der Waals surface area contributed by atoms with Gasteiger partial charge in [0.05, 0.1) is 36.1 Å². The number of rotatable bonds is 5. The van der Waals surface area contributed by atoms with Crippen LogP contribution in [0.15, 0.2) is 29.1 Å². The summed E-state index contributed by atoms with van der Waals surface area (Å²) in [6.45, 7) is 1.80. The van der Waals surface area contributed by atoms with Crippen molar-refractivity contribution in [3.8, 4) is 17.1 Å². The van der Waals surface area contributed by atoms with Gasteiger partial charge in [-0.05, 0) is 36.6 Å². The van der Waals surface area contributed by atoms with Gasteiger partial charge in [0.1, 0.15) is 12.4 Å². The third-order valence-corrected chi connectivity index (χ3v) is 6.57. The Morgan fingerprint density at radius 3 is 2.82 bits per heavy atom. The fourth-order valence-corrected chi connectivity index (χ4v) is 4.77. The van der Waals surface area contributed by atoms with Gasteiger partial charge in [0.25, 0.3) is 5.56 Å². The Hall–Kier alpha value is -3.72. The lowest BCUT2D eigenvalue weighted by Gasteiger charge is -2.31. The van der Waals surface area contributed by atoms with Crippen LogP contribution in [0.5, 0.6) is 5.75 Å². The van der Waals surface area contributed by atoms with E-state index >= 15 is 0 Å². The van der Waals surface area contributed by atoms with Crippen molar-refractivity contribution < 1.29 is 24.2 Å². The number of carbonyl (C=O) groups excluding carboxylic acids is 2. The molecule has 0 radical (unpaired) electrons. The number of hydrogen-bond donors (Lipinski definition) is 2. The van der Waals surface area contributed by atoms with Gasteiger partial charge in [0.15, 0.2) is 5.60 Å². The number of esters is 1. The molecule has 0 fully saturated rings. The number of aliphatic hydroxyl groups is 1. The Morgan fingerprint density at radius 2 is 2.12 bits per heavy atom. The summed E-state index contributed by atoms with van der Waals surface area (Å²) >= 11 is 0. The summed E-state index contributed by atoms with van der Waals surface area (Å²) < 4.78 is 12.3. The number of fused-ring (bicyclic) bond motifs is 5. The SMILES string of the molecule is CC[C@@]1(O)C(=O)OCc2c1cc1n(c2=O)Cc2cc3c(OC)c(CCC(N)=O)ccc3nc2-1. The zero-order valence-corrected chi connectivity index (χ0v) is 18.3. The first-order valence-electron chi connectivity index (χ1n) is 10.7. The van der Waals surface area contributed by atoms with Crippen molar-refractivity contribution in [3.63, 3.8) is 0 Å². The number of aryl methyl sites for hydroxylation is 1. The number of methoxy groups -OCH3 is 1. The molecule has 4 heterocycles. The molecule has 0 saturated carbocycles. The normalized spacial score (nSPS) is 18.5. The Balaban J connectivity index is 1.69. The van der Waals surface area contributed by atoms with E-state index in [0.717, 1.165) is 16.5 Å². The molecule has 0 unspecified atom stereocenters. The van der Waals surface area contributed by atoms with E-state index in [4.69, 9.17) is 20.2 Å². The number of cyclic esters (lactones) is 1. The zero-order chi connectivity index (χ0) is 23.5. The standard InChI is InChI=1S/C24H23N3O6/c1-3-24(31)16-9-18-20-13(10-27(18)22(29)15(16)11-33-23(24)30)8-14-17(26-20)6-4-12(21(14)32-2)5-7-19(25)28/h4,6,8-9,31H,3,5,7,10-11H2,1-2H3,(H2,25,28)/t24-/m0/s1. The second kappa shape index (κ2) is 7.41. The van der Waals surface area contributed by atoms with E-state index < -0.39 is 17.5 Å². The lowest BCUT2D eigenvalue weighted by atomic mass is 9.86. The maximum atomic E-state index is 13.3. The second-order valence-electron chi connectivity index (χ2n) is 8.39. The van der Waals surface area contributed by atoms with Gasteiger partial charge >= 0.3 is 5.97 Å². The van der Waals surface area contributed by atoms with E-state index in [-0.39, 0.29) is 36.1 Å². The van der Waals surface area contributed by atoms with Gasteiger partial charge in [-0.3, -0.25) is 9.59 Å². The molecular weight excluding hydrogens is 426 g/mol. The molecular formula is C24H23N3O6. The number of nitrogens with two attached hydrogens (primary N) is 1. The van der Waals surface area contributed by atoms with Gasteiger partial charge in [0.2, 0.25) is 5.91 Å². The Bertz CT molecular complexity index is 1410. The first-order valence-corrected chi connectivity index (χ1v) is 10.7. The summed E-state index contributed by atoms with van der Waals surface area (Å²) in [5.41, 5.74) is 7.19. The first-order chi connectivity index (χ1) is 15.8. The minimum absolute atomic E-state index is 0.0883. The third kappa shape index (κ3) is 3.03. The van der Waals surface area contributed by atoms with Gasteiger partial charge in [0, 0.05) is 22.9 Å². The monoisotopic (exact) mass is 449 g/mol. The molecule has 2 aromatic heterocycles. The topological polar surface area (TPSA) is 134 Å². The fourth-order valence-electron chi connectivity index (χ4n) is 4.77. The molecule has 170 valence electrons. The highest BCUT2D eigenvalue weighted by molar-refractivity contribution is 5.91. The van der Waals surface area contributed by atoms with Crippen LogP contribution in [-0.2, 0) is 39.5 Å². The summed E-state index contributed by atoms with van der Waals surface area (Å²) in [6, 6.07) is 7.31. The number of pyridine rings is 2. The summed E-state index contributed by atoms with van der Waals surface area (Å²) in [5.74, 6) is -0.525. The van der Waals surface area contributed by atoms with E-state index in [0.29, 0.717) is 35.6 Å². The van der Waals surface area contributed by atoms with Gasteiger partial charge in [-0.2, -0.15) is 0 Å². The molecule has 3 aromatic rings. The van der Waals surface area contributed by atoms with E-state index in [1.807, 2.05) is 18.2 Å². The quantitative estimate of drug-likeness (QED) is 0.441. The van der Waals surface area contributed by atoms with Crippen LogP contribution in [0.4, 0.5) is 0 Å². The second-order valence-corrected chi connectivity index (χ2v) is 8.39. The third-order valence-electron chi connectivity index (χ3n) is 6.57. The number of ether oxygens (including phenoxy) is 2. The van der Waals surface area contributed by atoms with Crippen LogP contribution in [0.25, 0.3) is 22.3 Å². The predicted octanol–water partition coefficient (Wildman–Crippen LogP) is 1.51. The lowest BCUT2D eigenvalue weighted by molar-refractivity contribution is -0.172. The average molecular weight is 449 g/mol. The first kappa shape index (κ1) is 21.1. The van der Waals surface area contributed by atoms with E-state index in [1.54, 1.807) is 24.7 Å². The lowest BCUT2D eigenvalue weighted by Crippen LogP contribution is -2.44. The number of hydrogen-bond acceptors (Lipinski definition) is 7. The maximum absolute atomic E-state index is 13.3. The van der Waals surface area contributed by atoms with Crippen molar-refractivity contribution in [2.24, 2.45) is 5.73 Å². The van der Waals surface area contributed by atoms with Crippen LogP contribution >= 0.6 is 0 Å². The molecule has 2 aliphatic heterocycles. The summed E-state index contributed by atoms with van der Waals surface area (Å²) in [6.07, 6.45) is 0.736. The highest BCUT2D eigenvalue weighted by atomic mass is 16.6. The smallest absolute Gasteiger partial charge is 0.343 e. The van der Waals surface area contributed by atoms with Crippen molar-refractivity contribution in [1.29, 1.82) is 0 Å². The number of primary amides is 1. The van der Waals surface area contributed by atoms with Crippen LogP contribution in [0.1, 0.15) is 42.0 Å². The van der Waals surface area contributed by atoms with Crippen LogP contribution in [0, 0.1) is 0 Å². The molecule has 0 spiro atoms. The molecule has 33 heavy (non-hydrogen) atoms. The molecule has 2 aliphatic rings. The van der Waals surface area contributed by atoms with Crippen molar-refractivity contribution in [2.45, 2.75) is 44.9 Å². The van der Waals surface area contributed by atoms with Gasteiger partial charge < -0.3 is 24.9 Å². The fraction of sp³-hybridized carbons (Fsp3) is 0.333. The molecule has 0 saturated heterocycles. The number of carbonyl (C=O) groups is 2. The van der Waals surface area contributed by atoms with Crippen molar-refractivity contribution in [2.75, 3.05) is 7.11 Å². The van der Waals surface area contributed by atoms with Crippen LogP contribution < -0.4 is 16.0 Å². The molecule has 0 bridgehead atoms. The van der Waals surface area contributed by atoms with Crippen LogP contribution in [-0.4, -0.2) is 33.6 Å².